The van der Waals surface area contributed by atoms with E-state index in [4.69, 9.17) is 0 Å². The third-order valence-electron chi connectivity index (χ3n) is 4.53. The summed E-state index contributed by atoms with van der Waals surface area (Å²) in [5, 5.41) is 3.88. The average molecular weight is 224 g/mol. The summed E-state index contributed by atoms with van der Waals surface area (Å²) in [5.74, 6) is 0. The SMILES string of the molecule is CCCN1CC2(CCCCC2)NCC1CC. The molecule has 1 aliphatic heterocycles. The third-order valence-corrected chi connectivity index (χ3v) is 4.53. The van der Waals surface area contributed by atoms with Gasteiger partial charge in [-0.05, 0) is 32.2 Å². The second kappa shape index (κ2) is 5.50. The minimum atomic E-state index is 0.485. The van der Waals surface area contributed by atoms with E-state index in [9.17, 15) is 0 Å². The van der Waals surface area contributed by atoms with Gasteiger partial charge in [-0.1, -0.05) is 33.1 Å². The monoisotopic (exact) mass is 224 g/mol. The van der Waals surface area contributed by atoms with Gasteiger partial charge in [0.25, 0.3) is 0 Å². The van der Waals surface area contributed by atoms with Crippen LogP contribution in [-0.2, 0) is 0 Å². The lowest BCUT2D eigenvalue weighted by Gasteiger charge is -2.49. The highest BCUT2D eigenvalue weighted by Crippen LogP contribution is 2.32. The first-order valence-corrected chi connectivity index (χ1v) is 7.29. The molecule has 0 radical (unpaired) electrons. The van der Waals surface area contributed by atoms with Crippen molar-refractivity contribution >= 4 is 0 Å². The molecule has 1 atom stereocenters. The summed E-state index contributed by atoms with van der Waals surface area (Å²) in [7, 11) is 0. The number of hydrogen-bond acceptors (Lipinski definition) is 2. The molecule has 0 aromatic carbocycles. The van der Waals surface area contributed by atoms with Crippen molar-refractivity contribution in [3.63, 3.8) is 0 Å². The van der Waals surface area contributed by atoms with Crippen LogP contribution in [-0.4, -0.2) is 36.1 Å². The van der Waals surface area contributed by atoms with E-state index in [1.165, 1.54) is 64.6 Å². The van der Waals surface area contributed by atoms with Crippen molar-refractivity contribution in [1.29, 1.82) is 0 Å². The molecule has 2 aliphatic rings. The van der Waals surface area contributed by atoms with Crippen molar-refractivity contribution in [2.75, 3.05) is 19.6 Å². The summed E-state index contributed by atoms with van der Waals surface area (Å²) in [5.41, 5.74) is 0.485. The van der Waals surface area contributed by atoms with E-state index in [1.54, 1.807) is 0 Å². The molecule has 0 aromatic rings. The predicted molar refractivity (Wildman–Crippen MR) is 69.8 cm³/mol. The molecule has 1 heterocycles. The molecule has 1 aliphatic carbocycles. The van der Waals surface area contributed by atoms with E-state index in [0.29, 0.717) is 5.54 Å². The summed E-state index contributed by atoms with van der Waals surface area (Å²) < 4.78 is 0. The van der Waals surface area contributed by atoms with E-state index in [0.717, 1.165) is 6.04 Å². The van der Waals surface area contributed by atoms with E-state index in [2.05, 4.69) is 24.1 Å². The molecule has 1 N–H and O–H groups in total. The Morgan fingerprint density at radius 1 is 1.19 bits per heavy atom. The quantitative estimate of drug-likeness (QED) is 0.793. The minimum absolute atomic E-state index is 0.485. The lowest BCUT2D eigenvalue weighted by Crippen LogP contribution is -2.64. The van der Waals surface area contributed by atoms with E-state index < -0.39 is 0 Å². The molecule has 2 fully saturated rings. The molecular weight excluding hydrogens is 196 g/mol. The fourth-order valence-electron chi connectivity index (χ4n) is 3.55. The topological polar surface area (TPSA) is 15.3 Å². The van der Waals surface area contributed by atoms with Crippen LogP contribution in [0.5, 0.6) is 0 Å². The average Bonchev–Trinajstić information content (AvgIpc) is 2.31. The number of rotatable bonds is 3. The fraction of sp³-hybridized carbons (Fsp3) is 1.00. The van der Waals surface area contributed by atoms with Crippen LogP contribution in [0.15, 0.2) is 0 Å². The normalized spacial score (nSPS) is 30.8. The van der Waals surface area contributed by atoms with Gasteiger partial charge in [-0.15, -0.1) is 0 Å². The second-order valence-electron chi connectivity index (χ2n) is 5.75. The third kappa shape index (κ3) is 2.60. The smallest absolute Gasteiger partial charge is 0.0309 e. The van der Waals surface area contributed by atoms with Gasteiger partial charge in [0.15, 0.2) is 0 Å². The molecule has 1 saturated carbocycles. The van der Waals surface area contributed by atoms with Gasteiger partial charge in [0.05, 0.1) is 0 Å². The van der Waals surface area contributed by atoms with Crippen molar-refractivity contribution < 1.29 is 0 Å². The molecular formula is C14H28N2. The molecule has 0 bridgehead atoms. The Balaban J connectivity index is 1.98. The first kappa shape index (κ1) is 12.4. The molecule has 2 nitrogen and oxygen atoms in total. The standard InChI is InChI=1S/C14H28N2/c1-3-10-16-12-14(8-6-5-7-9-14)15-11-13(16)4-2/h13,15H,3-12H2,1-2H3. The van der Waals surface area contributed by atoms with Crippen molar-refractivity contribution in [1.82, 2.24) is 10.2 Å². The highest BCUT2D eigenvalue weighted by atomic mass is 15.2. The Labute approximate surface area is 101 Å². The Hall–Kier alpha value is -0.0800. The highest BCUT2D eigenvalue weighted by Gasteiger charge is 2.38. The summed E-state index contributed by atoms with van der Waals surface area (Å²) >= 11 is 0. The molecule has 1 saturated heterocycles. The van der Waals surface area contributed by atoms with Crippen LogP contribution >= 0.6 is 0 Å². The van der Waals surface area contributed by atoms with E-state index in [1.807, 2.05) is 0 Å². The van der Waals surface area contributed by atoms with Crippen molar-refractivity contribution in [3.05, 3.63) is 0 Å². The number of hydrogen-bond donors (Lipinski definition) is 1. The van der Waals surface area contributed by atoms with Crippen LogP contribution in [0.2, 0.25) is 0 Å². The first-order chi connectivity index (χ1) is 7.79. The Morgan fingerprint density at radius 3 is 2.56 bits per heavy atom. The maximum absolute atomic E-state index is 3.88. The van der Waals surface area contributed by atoms with Gasteiger partial charge >= 0.3 is 0 Å². The van der Waals surface area contributed by atoms with Gasteiger partial charge < -0.3 is 5.32 Å². The van der Waals surface area contributed by atoms with Crippen LogP contribution in [0.3, 0.4) is 0 Å². The number of nitrogens with one attached hydrogen (secondary N) is 1. The van der Waals surface area contributed by atoms with Crippen molar-refractivity contribution in [3.8, 4) is 0 Å². The Bertz CT molecular complexity index is 209. The minimum Gasteiger partial charge on any atom is -0.308 e. The van der Waals surface area contributed by atoms with Gasteiger partial charge in [0.1, 0.15) is 0 Å². The lowest BCUT2D eigenvalue weighted by molar-refractivity contribution is 0.0542. The van der Waals surface area contributed by atoms with Gasteiger partial charge in [-0.2, -0.15) is 0 Å². The van der Waals surface area contributed by atoms with Crippen LogP contribution in [0.4, 0.5) is 0 Å². The van der Waals surface area contributed by atoms with Gasteiger partial charge in [-0.25, -0.2) is 0 Å². The molecule has 16 heavy (non-hydrogen) atoms. The fourth-order valence-corrected chi connectivity index (χ4v) is 3.55. The maximum Gasteiger partial charge on any atom is 0.0309 e. The van der Waals surface area contributed by atoms with Gasteiger partial charge in [0, 0.05) is 24.7 Å². The van der Waals surface area contributed by atoms with Crippen LogP contribution in [0, 0.1) is 0 Å². The molecule has 0 aromatic heterocycles. The summed E-state index contributed by atoms with van der Waals surface area (Å²) in [6.07, 6.45) is 9.73. The largest absolute Gasteiger partial charge is 0.308 e. The zero-order valence-electron chi connectivity index (χ0n) is 11.1. The molecule has 1 spiro atoms. The zero-order valence-corrected chi connectivity index (χ0v) is 11.1. The molecule has 2 rings (SSSR count). The number of nitrogens with zero attached hydrogens (tertiary/aromatic N) is 1. The molecule has 2 heteroatoms. The lowest BCUT2D eigenvalue weighted by atomic mass is 9.79. The van der Waals surface area contributed by atoms with Crippen molar-refractivity contribution in [2.24, 2.45) is 0 Å². The zero-order chi connectivity index (χ0) is 11.4. The molecule has 1 unspecified atom stereocenters. The number of piperazine rings is 1. The van der Waals surface area contributed by atoms with Gasteiger partial charge in [-0.3, -0.25) is 4.90 Å². The Morgan fingerprint density at radius 2 is 1.94 bits per heavy atom. The maximum atomic E-state index is 3.88. The summed E-state index contributed by atoms with van der Waals surface area (Å²) in [6.45, 7) is 8.45. The van der Waals surface area contributed by atoms with E-state index in [-0.39, 0.29) is 0 Å². The summed E-state index contributed by atoms with van der Waals surface area (Å²) in [4.78, 5) is 2.75. The molecule has 0 amide bonds. The summed E-state index contributed by atoms with van der Waals surface area (Å²) in [6, 6.07) is 0.785. The molecule has 94 valence electrons. The predicted octanol–water partition coefficient (Wildman–Crippen LogP) is 2.78. The van der Waals surface area contributed by atoms with Crippen LogP contribution < -0.4 is 5.32 Å². The van der Waals surface area contributed by atoms with Crippen LogP contribution in [0.1, 0.15) is 58.8 Å². The van der Waals surface area contributed by atoms with Gasteiger partial charge in [0.2, 0.25) is 0 Å². The van der Waals surface area contributed by atoms with Crippen LogP contribution in [0.25, 0.3) is 0 Å². The van der Waals surface area contributed by atoms with Crippen molar-refractivity contribution in [2.45, 2.75) is 70.4 Å². The highest BCUT2D eigenvalue weighted by molar-refractivity contribution is 4.99. The first-order valence-electron chi connectivity index (χ1n) is 7.29. The Kier molecular flexibility index (Phi) is 4.26. The van der Waals surface area contributed by atoms with E-state index >= 15 is 0 Å². The second-order valence-corrected chi connectivity index (χ2v) is 5.75.